The van der Waals surface area contributed by atoms with Crippen LogP contribution >= 0.6 is 11.3 Å². The minimum Gasteiger partial charge on any atom is -0.465 e. The van der Waals surface area contributed by atoms with E-state index in [-0.39, 0.29) is 5.69 Å². The van der Waals surface area contributed by atoms with E-state index in [1.165, 1.54) is 23.1 Å². The monoisotopic (exact) mass is 392 g/mol. The van der Waals surface area contributed by atoms with Crippen LogP contribution in [0.15, 0.2) is 12.3 Å². The topological polar surface area (TPSA) is 103 Å². The molecule has 0 unspecified atom stereocenters. The Bertz CT molecular complexity index is 888. The highest BCUT2D eigenvalue weighted by Gasteiger charge is 2.31. The number of hydrogen-bond acceptors (Lipinski definition) is 7. The molecule has 0 atom stereocenters. The molecule has 10 heteroatoms. The van der Waals surface area contributed by atoms with Crippen molar-refractivity contribution in [2.45, 2.75) is 19.9 Å². The number of nitrogens with zero attached hydrogens (tertiary/aromatic N) is 3. The number of aromatic nitrogens is 2. The number of rotatable bonds is 4. The molecule has 0 saturated carbocycles. The number of carbonyl (C=O) groups is 3. The van der Waals surface area contributed by atoms with Gasteiger partial charge in [0.15, 0.2) is 5.69 Å². The van der Waals surface area contributed by atoms with Crippen LogP contribution in [0.2, 0.25) is 0 Å². The Kier molecular flexibility index (Phi) is 5.45. The Labute approximate surface area is 159 Å². The lowest BCUT2D eigenvalue weighted by atomic mass is 10.0. The Balaban J connectivity index is 1.89. The molecule has 0 aliphatic carbocycles. The minimum absolute atomic E-state index is 0.243. The molecule has 3 heterocycles. The van der Waals surface area contributed by atoms with E-state index in [1.54, 1.807) is 31.1 Å². The number of esters is 1. The average molecular weight is 392 g/mol. The second-order valence-electron chi connectivity index (χ2n) is 5.90. The van der Waals surface area contributed by atoms with Crippen molar-refractivity contribution in [3.8, 4) is 0 Å². The summed E-state index contributed by atoms with van der Waals surface area (Å²) in [5, 5.41) is 7.21. The fourth-order valence-electron chi connectivity index (χ4n) is 2.88. The van der Waals surface area contributed by atoms with Gasteiger partial charge in [0.1, 0.15) is 5.00 Å². The molecule has 2 aromatic rings. The summed E-state index contributed by atoms with van der Waals surface area (Å²) < 4.78 is 11.5. The lowest BCUT2D eigenvalue weighted by molar-refractivity contribution is 0.0600. The van der Waals surface area contributed by atoms with Crippen molar-refractivity contribution in [3.63, 3.8) is 0 Å². The summed E-state index contributed by atoms with van der Waals surface area (Å²) in [5.41, 5.74) is 1.38. The summed E-state index contributed by atoms with van der Waals surface area (Å²) in [6, 6.07) is 1.59. The van der Waals surface area contributed by atoms with Crippen LogP contribution in [0.4, 0.5) is 9.80 Å². The first-order valence-corrected chi connectivity index (χ1v) is 9.21. The lowest BCUT2D eigenvalue weighted by Crippen LogP contribution is -2.36. The number of thiophene rings is 1. The molecule has 144 valence electrons. The maximum atomic E-state index is 12.4. The zero-order chi connectivity index (χ0) is 19.6. The number of anilines is 1. The largest absolute Gasteiger partial charge is 0.465 e. The van der Waals surface area contributed by atoms with Crippen LogP contribution in [0.5, 0.6) is 0 Å². The molecule has 1 aliphatic rings. The van der Waals surface area contributed by atoms with Crippen LogP contribution in [-0.2, 0) is 29.5 Å². The second kappa shape index (κ2) is 7.78. The Morgan fingerprint density at radius 2 is 2.15 bits per heavy atom. The zero-order valence-electron chi connectivity index (χ0n) is 15.3. The van der Waals surface area contributed by atoms with Crippen molar-refractivity contribution in [1.29, 1.82) is 0 Å². The predicted octanol–water partition coefficient (Wildman–Crippen LogP) is 2.04. The quantitative estimate of drug-likeness (QED) is 0.799. The van der Waals surface area contributed by atoms with Gasteiger partial charge >= 0.3 is 12.1 Å². The van der Waals surface area contributed by atoms with E-state index in [0.717, 1.165) is 10.4 Å². The molecule has 2 amide bonds. The van der Waals surface area contributed by atoms with Crippen molar-refractivity contribution in [3.05, 3.63) is 34.0 Å². The number of ether oxygens (including phenoxy) is 2. The number of methoxy groups -OCH3 is 1. The van der Waals surface area contributed by atoms with E-state index >= 15 is 0 Å². The number of fused-ring (bicyclic) bond motifs is 1. The number of aryl methyl sites for hydroxylation is 1. The molecule has 0 radical (unpaired) electrons. The molecule has 0 bridgehead atoms. The summed E-state index contributed by atoms with van der Waals surface area (Å²) in [7, 11) is 3.01. The first-order valence-electron chi connectivity index (χ1n) is 8.40. The Morgan fingerprint density at radius 3 is 2.78 bits per heavy atom. The van der Waals surface area contributed by atoms with Gasteiger partial charge < -0.3 is 19.7 Å². The van der Waals surface area contributed by atoms with Gasteiger partial charge in [-0.1, -0.05) is 0 Å². The summed E-state index contributed by atoms with van der Waals surface area (Å²) in [5.74, 6) is -0.935. The SMILES string of the molecule is CCOC(=O)N1CCc2c(sc(NC(=O)c3ccn(C)n3)c2C(=O)OC)C1. The van der Waals surface area contributed by atoms with E-state index < -0.39 is 18.0 Å². The van der Waals surface area contributed by atoms with Crippen molar-refractivity contribution in [2.24, 2.45) is 7.05 Å². The fraction of sp³-hybridized carbons (Fsp3) is 0.412. The third-order valence-corrected chi connectivity index (χ3v) is 5.28. The minimum atomic E-state index is -0.520. The van der Waals surface area contributed by atoms with Crippen LogP contribution in [0.3, 0.4) is 0 Å². The third-order valence-electron chi connectivity index (χ3n) is 4.15. The van der Waals surface area contributed by atoms with Gasteiger partial charge in [-0.15, -0.1) is 11.3 Å². The lowest BCUT2D eigenvalue weighted by Gasteiger charge is -2.26. The summed E-state index contributed by atoms with van der Waals surface area (Å²) in [4.78, 5) is 39.2. The molecule has 9 nitrogen and oxygen atoms in total. The smallest absolute Gasteiger partial charge is 0.410 e. The molecule has 0 fully saturated rings. The van der Waals surface area contributed by atoms with Gasteiger partial charge in [0.2, 0.25) is 0 Å². The molecule has 2 aromatic heterocycles. The molecule has 1 N–H and O–H groups in total. The fourth-order valence-corrected chi connectivity index (χ4v) is 4.13. The first kappa shape index (κ1) is 18.9. The van der Waals surface area contributed by atoms with E-state index in [1.807, 2.05) is 0 Å². The second-order valence-corrected chi connectivity index (χ2v) is 7.00. The Hall–Kier alpha value is -2.88. The first-order chi connectivity index (χ1) is 12.9. The Morgan fingerprint density at radius 1 is 1.37 bits per heavy atom. The van der Waals surface area contributed by atoms with Crippen molar-refractivity contribution in [1.82, 2.24) is 14.7 Å². The zero-order valence-corrected chi connectivity index (χ0v) is 16.1. The predicted molar refractivity (Wildman–Crippen MR) is 98.0 cm³/mol. The van der Waals surface area contributed by atoms with E-state index in [2.05, 4.69) is 10.4 Å². The van der Waals surface area contributed by atoms with Gasteiger partial charge in [-0.05, 0) is 25.0 Å². The van der Waals surface area contributed by atoms with Gasteiger partial charge in [0, 0.05) is 24.7 Å². The molecule has 0 spiro atoms. The van der Waals surface area contributed by atoms with Crippen LogP contribution < -0.4 is 5.32 Å². The van der Waals surface area contributed by atoms with Crippen LogP contribution in [-0.4, -0.2) is 52.9 Å². The van der Waals surface area contributed by atoms with Gasteiger partial charge in [0.05, 0.1) is 25.8 Å². The van der Waals surface area contributed by atoms with E-state index in [4.69, 9.17) is 9.47 Å². The molecule has 27 heavy (non-hydrogen) atoms. The van der Waals surface area contributed by atoms with Crippen molar-refractivity contribution >= 4 is 34.3 Å². The van der Waals surface area contributed by atoms with Crippen molar-refractivity contribution in [2.75, 3.05) is 25.6 Å². The molecule has 0 saturated heterocycles. The average Bonchev–Trinajstić information content (AvgIpc) is 3.23. The number of hydrogen-bond donors (Lipinski definition) is 1. The highest BCUT2D eigenvalue weighted by Crippen LogP contribution is 2.38. The molecule has 1 aliphatic heterocycles. The normalized spacial score (nSPS) is 13.1. The highest BCUT2D eigenvalue weighted by atomic mass is 32.1. The van der Waals surface area contributed by atoms with Crippen LogP contribution in [0.25, 0.3) is 0 Å². The molecule has 3 rings (SSSR count). The van der Waals surface area contributed by atoms with Gasteiger partial charge in [-0.3, -0.25) is 9.48 Å². The standard InChI is InChI=1S/C17H20N4O5S/c1-4-26-17(24)21-8-5-10-12(9-21)27-15(13(10)16(23)25-3)18-14(22)11-6-7-20(2)19-11/h6-7H,4-5,8-9H2,1-3H3,(H,18,22). The van der Waals surface area contributed by atoms with Gasteiger partial charge in [0.25, 0.3) is 5.91 Å². The van der Waals surface area contributed by atoms with Gasteiger partial charge in [-0.2, -0.15) is 5.10 Å². The van der Waals surface area contributed by atoms with E-state index in [9.17, 15) is 14.4 Å². The molecular weight excluding hydrogens is 372 g/mol. The maximum Gasteiger partial charge on any atom is 0.410 e. The summed E-state index contributed by atoms with van der Waals surface area (Å²) in [6.45, 7) is 2.80. The molecule has 0 aromatic carbocycles. The highest BCUT2D eigenvalue weighted by molar-refractivity contribution is 7.17. The third kappa shape index (κ3) is 3.80. The maximum absolute atomic E-state index is 12.4. The number of nitrogens with one attached hydrogen (secondary N) is 1. The van der Waals surface area contributed by atoms with Gasteiger partial charge in [-0.25, -0.2) is 9.59 Å². The number of carbonyl (C=O) groups excluding carboxylic acids is 3. The summed E-state index contributed by atoms with van der Waals surface area (Å²) >= 11 is 1.26. The van der Waals surface area contributed by atoms with Crippen LogP contribution in [0, 0.1) is 0 Å². The molecular formula is C17H20N4O5S. The van der Waals surface area contributed by atoms with E-state index in [0.29, 0.717) is 36.7 Å². The van der Waals surface area contributed by atoms with Crippen LogP contribution in [0.1, 0.15) is 38.2 Å². The summed E-state index contributed by atoms with van der Waals surface area (Å²) in [6.07, 6.45) is 1.75. The number of amides is 2. The van der Waals surface area contributed by atoms with Crippen molar-refractivity contribution < 1.29 is 23.9 Å².